The van der Waals surface area contributed by atoms with E-state index in [-0.39, 0.29) is 0 Å². The third-order valence-corrected chi connectivity index (χ3v) is 4.90. The van der Waals surface area contributed by atoms with Crippen molar-refractivity contribution in [3.63, 3.8) is 0 Å². The van der Waals surface area contributed by atoms with E-state index in [1.807, 2.05) is 6.07 Å². The Morgan fingerprint density at radius 3 is 2.30 bits per heavy atom. The highest BCUT2D eigenvalue weighted by Gasteiger charge is 2.05. The van der Waals surface area contributed by atoms with Crippen molar-refractivity contribution in [2.24, 2.45) is 0 Å². The van der Waals surface area contributed by atoms with Gasteiger partial charge in [-0.3, -0.25) is 0 Å². The van der Waals surface area contributed by atoms with E-state index in [1.165, 1.54) is 42.9 Å². The molecule has 0 unspecified atom stereocenters. The summed E-state index contributed by atoms with van der Waals surface area (Å²) < 4.78 is 11.7. The van der Waals surface area contributed by atoms with Crippen molar-refractivity contribution >= 4 is 21.7 Å². The lowest BCUT2D eigenvalue weighted by molar-refractivity contribution is 0.295. The minimum absolute atomic E-state index is 0.717. The Labute approximate surface area is 162 Å². The van der Waals surface area contributed by atoms with Gasteiger partial charge in [-0.05, 0) is 47.9 Å². The van der Waals surface area contributed by atoms with Crippen molar-refractivity contribution in [3.05, 3.63) is 42.5 Å². The molecule has 0 saturated heterocycles. The molecule has 0 N–H and O–H groups in total. The van der Waals surface area contributed by atoms with Crippen LogP contribution in [0.4, 0.5) is 0 Å². The molecule has 0 atom stereocenters. The van der Waals surface area contributed by atoms with Crippen LogP contribution in [-0.4, -0.2) is 18.2 Å². The number of unbranched alkanes of at least 4 members (excludes halogenated alkanes) is 5. The van der Waals surface area contributed by atoms with E-state index in [9.17, 15) is 0 Å². The van der Waals surface area contributed by atoms with E-state index >= 15 is 0 Å². The first kappa shape index (κ1) is 19.5. The van der Waals surface area contributed by atoms with Gasteiger partial charge >= 0.3 is 0 Å². The average Bonchev–Trinajstić information content (AvgIpc) is 2.70. The number of ether oxygens (including phenoxy) is 2. The molecule has 144 valence electrons. The number of pyridine rings is 1. The molecule has 3 nitrogen and oxygen atoms in total. The van der Waals surface area contributed by atoms with Gasteiger partial charge in [0.05, 0.1) is 18.7 Å². The zero-order valence-electron chi connectivity index (χ0n) is 16.7. The van der Waals surface area contributed by atoms with Gasteiger partial charge in [-0.1, -0.05) is 58.1 Å². The average molecular weight is 366 g/mol. The number of rotatable bonds is 11. The number of fused-ring (bicyclic) bond motifs is 3. The maximum Gasteiger partial charge on any atom is 0.213 e. The third-order valence-electron chi connectivity index (χ3n) is 4.90. The zero-order chi connectivity index (χ0) is 18.9. The molecule has 2 aromatic carbocycles. The van der Waals surface area contributed by atoms with Crippen LogP contribution < -0.4 is 9.47 Å². The predicted octanol–water partition coefficient (Wildman–Crippen LogP) is 6.92. The van der Waals surface area contributed by atoms with Crippen LogP contribution in [0.2, 0.25) is 0 Å². The predicted molar refractivity (Wildman–Crippen MR) is 114 cm³/mol. The number of benzene rings is 2. The van der Waals surface area contributed by atoms with Crippen molar-refractivity contribution in [2.45, 2.75) is 58.8 Å². The lowest BCUT2D eigenvalue weighted by atomic mass is 10.0. The molecule has 1 aromatic heterocycles. The Balaban J connectivity index is 1.70. The molecule has 0 radical (unpaired) electrons. The van der Waals surface area contributed by atoms with Crippen LogP contribution in [-0.2, 0) is 0 Å². The van der Waals surface area contributed by atoms with E-state index in [2.05, 4.69) is 55.2 Å². The first-order chi connectivity index (χ1) is 13.3. The normalized spacial score (nSPS) is 11.2. The fourth-order valence-electron chi connectivity index (χ4n) is 3.32. The monoisotopic (exact) mass is 365 g/mol. The second-order valence-corrected chi connectivity index (χ2v) is 7.13. The first-order valence-electron chi connectivity index (χ1n) is 10.4. The van der Waals surface area contributed by atoms with Crippen molar-refractivity contribution in [3.8, 4) is 11.6 Å². The standard InChI is InChI=1S/C24H31NO2/c1-3-5-7-9-17-27-24-15-13-22-21-12-11-20(26-16-8-6-4-2)18-19(21)10-14-23(22)25-24/h10-15,18H,3-9,16-17H2,1-2H3. The number of aromatic nitrogens is 1. The Morgan fingerprint density at radius 1 is 0.704 bits per heavy atom. The molecule has 1 heterocycles. The minimum atomic E-state index is 0.717. The minimum Gasteiger partial charge on any atom is -0.494 e. The maximum atomic E-state index is 5.88. The third kappa shape index (κ3) is 5.35. The summed E-state index contributed by atoms with van der Waals surface area (Å²) in [6, 6.07) is 14.6. The molecule has 0 aliphatic rings. The lowest BCUT2D eigenvalue weighted by Gasteiger charge is -2.10. The quantitative estimate of drug-likeness (QED) is 0.273. The summed E-state index contributed by atoms with van der Waals surface area (Å²) in [5.41, 5.74) is 0.977. The van der Waals surface area contributed by atoms with Gasteiger partial charge in [0.15, 0.2) is 0 Å². The topological polar surface area (TPSA) is 31.4 Å². The van der Waals surface area contributed by atoms with Crippen LogP contribution in [0.3, 0.4) is 0 Å². The van der Waals surface area contributed by atoms with Gasteiger partial charge in [-0.2, -0.15) is 0 Å². The Morgan fingerprint density at radius 2 is 1.44 bits per heavy atom. The summed E-state index contributed by atoms with van der Waals surface area (Å²) in [6.45, 7) is 5.95. The van der Waals surface area contributed by atoms with E-state index < -0.39 is 0 Å². The second-order valence-electron chi connectivity index (χ2n) is 7.13. The summed E-state index contributed by atoms with van der Waals surface area (Å²) in [5.74, 6) is 1.66. The van der Waals surface area contributed by atoms with Crippen LogP contribution in [0.25, 0.3) is 21.7 Å². The van der Waals surface area contributed by atoms with Crippen LogP contribution in [0.5, 0.6) is 11.6 Å². The second kappa shape index (κ2) is 10.1. The maximum absolute atomic E-state index is 5.88. The SMILES string of the molecule is CCCCCCOc1ccc2c(ccc3cc(OCCCCC)ccc32)n1. The molecule has 0 spiro atoms. The highest BCUT2D eigenvalue weighted by atomic mass is 16.5. The fraction of sp³-hybridized carbons (Fsp3) is 0.458. The van der Waals surface area contributed by atoms with Gasteiger partial charge in [0.25, 0.3) is 0 Å². The fourth-order valence-corrected chi connectivity index (χ4v) is 3.32. The summed E-state index contributed by atoms with van der Waals surface area (Å²) in [5, 5.41) is 3.55. The molecule has 3 aromatic rings. The molecule has 3 rings (SSSR count). The Bertz CT molecular complexity index is 859. The van der Waals surface area contributed by atoms with Crippen molar-refractivity contribution in [1.29, 1.82) is 0 Å². The smallest absolute Gasteiger partial charge is 0.213 e. The molecule has 0 fully saturated rings. The number of hydrogen-bond donors (Lipinski definition) is 0. The van der Waals surface area contributed by atoms with Crippen LogP contribution in [0, 0.1) is 0 Å². The Kier molecular flexibility index (Phi) is 7.32. The van der Waals surface area contributed by atoms with Gasteiger partial charge in [-0.15, -0.1) is 0 Å². The Hall–Kier alpha value is -2.29. The summed E-state index contributed by atoms with van der Waals surface area (Å²) in [7, 11) is 0. The molecule has 0 amide bonds. The highest BCUT2D eigenvalue weighted by Crippen LogP contribution is 2.29. The summed E-state index contributed by atoms with van der Waals surface area (Å²) in [6.07, 6.45) is 8.36. The van der Waals surface area contributed by atoms with E-state index in [0.29, 0.717) is 5.88 Å². The van der Waals surface area contributed by atoms with Crippen LogP contribution >= 0.6 is 0 Å². The summed E-state index contributed by atoms with van der Waals surface area (Å²) >= 11 is 0. The van der Waals surface area contributed by atoms with Gasteiger partial charge in [0.1, 0.15) is 5.75 Å². The molecule has 0 saturated carbocycles. The van der Waals surface area contributed by atoms with Crippen molar-refractivity contribution in [1.82, 2.24) is 4.98 Å². The zero-order valence-corrected chi connectivity index (χ0v) is 16.7. The molecule has 0 aliphatic carbocycles. The molecule has 0 aliphatic heterocycles. The lowest BCUT2D eigenvalue weighted by Crippen LogP contribution is -1.99. The van der Waals surface area contributed by atoms with Gasteiger partial charge < -0.3 is 9.47 Å². The molecular formula is C24H31NO2. The van der Waals surface area contributed by atoms with Gasteiger partial charge in [-0.25, -0.2) is 4.98 Å². The van der Waals surface area contributed by atoms with E-state index in [1.54, 1.807) is 0 Å². The molecule has 3 heteroatoms. The largest absolute Gasteiger partial charge is 0.494 e. The molecule has 0 bridgehead atoms. The van der Waals surface area contributed by atoms with Gasteiger partial charge in [0, 0.05) is 11.5 Å². The summed E-state index contributed by atoms with van der Waals surface area (Å²) in [4.78, 5) is 4.68. The highest BCUT2D eigenvalue weighted by molar-refractivity contribution is 6.06. The van der Waals surface area contributed by atoms with Crippen LogP contribution in [0.1, 0.15) is 58.8 Å². The van der Waals surface area contributed by atoms with Crippen molar-refractivity contribution in [2.75, 3.05) is 13.2 Å². The number of hydrogen-bond acceptors (Lipinski definition) is 3. The van der Waals surface area contributed by atoms with Crippen molar-refractivity contribution < 1.29 is 9.47 Å². The molecule has 27 heavy (non-hydrogen) atoms. The first-order valence-corrected chi connectivity index (χ1v) is 10.4. The van der Waals surface area contributed by atoms with Gasteiger partial charge in [0.2, 0.25) is 5.88 Å². The van der Waals surface area contributed by atoms with E-state index in [4.69, 9.17) is 9.47 Å². The molecular weight excluding hydrogens is 334 g/mol. The van der Waals surface area contributed by atoms with E-state index in [0.717, 1.165) is 42.7 Å². The van der Waals surface area contributed by atoms with Crippen LogP contribution in [0.15, 0.2) is 42.5 Å². The number of nitrogens with zero attached hydrogens (tertiary/aromatic N) is 1.